The van der Waals surface area contributed by atoms with Crippen LogP contribution in [0, 0.1) is 0 Å². The lowest BCUT2D eigenvalue weighted by molar-refractivity contribution is -0.258. The van der Waals surface area contributed by atoms with Crippen LogP contribution in [0.4, 0.5) is 26.3 Å². The van der Waals surface area contributed by atoms with Gasteiger partial charge < -0.3 is 0 Å². The highest BCUT2D eigenvalue weighted by Crippen LogP contribution is 2.75. The van der Waals surface area contributed by atoms with E-state index < -0.39 is 38.4 Å². The molecule has 4 aliphatic rings. The van der Waals surface area contributed by atoms with Gasteiger partial charge in [-0.15, -0.1) is 23.5 Å². The van der Waals surface area contributed by atoms with Crippen molar-refractivity contribution in [1.82, 2.24) is 0 Å². The van der Waals surface area contributed by atoms with Gasteiger partial charge in [0.05, 0.1) is 9.49 Å². The summed E-state index contributed by atoms with van der Waals surface area (Å²) in [7, 11) is 0. The maximum atomic E-state index is 15.4. The van der Waals surface area contributed by atoms with Gasteiger partial charge in [-0.1, -0.05) is 48.5 Å². The van der Waals surface area contributed by atoms with E-state index in [9.17, 15) is 18.4 Å². The number of hydrogen-bond acceptors (Lipinski definition) is 4. The summed E-state index contributed by atoms with van der Waals surface area (Å²) in [5, 5.41) is 0. The highest BCUT2D eigenvalue weighted by molar-refractivity contribution is 8.14. The van der Waals surface area contributed by atoms with Crippen LogP contribution in [0.1, 0.15) is 45.7 Å². The number of allylic oxidation sites excluding steroid dienone is 4. The molecule has 1 saturated carbocycles. The number of alkyl halides is 6. The van der Waals surface area contributed by atoms with Crippen LogP contribution in [0.2, 0.25) is 0 Å². The Bertz CT molecular complexity index is 1470. The first-order chi connectivity index (χ1) is 18.2. The molecule has 0 spiro atoms. The van der Waals surface area contributed by atoms with Crippen LogP contribution in [-0.2, 0) is 0 Å². The molecule has 2 heterocycles. The highest BCUT2D eigenvalue weighted by Gasteiger charge is 2.84. The molecule has 0 N–H and O–H groups in total. The summed E-state index contributed by atoms with van der Waals surface area (Å²) in [6.07, 6.45) is 3.90. The van der Waals surface area contributed by atoms with Crippen LogP contribution in [0.3, 0.4) is 0 Å². The predicted octanol–water partition coefficient (Wildman–Crippen LogP) is 8.23. The van der Waals surface area contributed by atoms with E-state index in [1.54, 1.807) is 38.1 Å². The van der Waals surface area contributed by atoms with E-state index in [0.717, 1.165) is 23.5 Å². The Labute approximate surface area is 227 Å². The van der Waals surface area contributed by atoms with Gasteiger partial charge in [0.15, 0.2) is 0 Å². The quantitative estimate of drug-likeness (QED) is 0.271. The first kappa shape index (κ1) is 26.3. The van der Waals surface area contributed by atoms with Crippen molar-refractivity contribution in [1.29, 1.82) is 0 Å². The first-order valence-electron chi connectivity index (χ1n) is 11.8. The molecule has 2 atom stereocenters. The number of benzene rings is 2. The second-order valence-electron chi connectivity index (χ2n) is 10.1. The number of fused-ring (bicyclic) bond motifs is 4. The van der Waals surface area contributed by atoms with E-state index in [0.29, 0.717) is 44.6 Å². The fraction of sp³-hybridized carbons (Fsp3) is 0.241. The van der Waals surface area contributed by atoms with Gasteiger partial charge in [0.1, 0.15) is 12.6 Å². The van der Waals surface area contributed by atoms with E-state index in [-0.39, 0.29) is 11.1 Å². The third-order valence-corrected chi connectivity index (χ3v) is 11.3. The molecule has 0 saturated heterocycles. The van der Waals surface area contributed by atoms with Crippen molar-refractivity contribution in [2.45, 2.75) is 41.1 Å². The lowest BCUT2D eigenvalue weighted by atomic mass is 9.71. The molecule has 200 valence electrons. The van der Waals surface area contributed by atoms with Gasteiger partial charge >= 0.3 is 17.8 Å². The van der Waals surface area contributed by atoms with Crippen molar-refractivity contribution in [3.8, 4) is 0 Å². The first-order valence-corrected chi connectivity index (χ1v) is 13.4. The van der Waals surface area contributed by atoms with Gasteiger partial charge in [-0.25, -0.2) is 0 Å². The summed E-state index contributed by atoms with van der Waals surface area (Å²) in [5.74, 6) is -15.9. The molecule has 0 radical (unpaired) electrons. The van der Waals surface area contributed by atoms with Gasteiger partial charge in [0.2, 0.25) is 0 Å². The largest absolute Gasteiger partial charge is 0.380 e. The van der Waals surface area contributed by atoms with Crippen LogP contribution in [0.5, 0.6) is 0 Å². The fourth-order valence-corrected chi connectivity index (χ4v) is 8.79. The molecule has 6 rings (SSSR count). The van der Waals surface area contributed by atoms with Crippen molar-refractivity contribution < 1.29 is 35.9 Å². The minimum atomic E-state index is -5.63. The zero-order chi connectivity index (χ0) is 28.2. The maximum absolute atomic E-state index is 15.4. The second-order valence-corrected chi connectivity index (χ2v) is 13.0. The predicted molar refractivity (Wildman–Crippen MR) is 140 cm³/mol. The monoisotopic (exact) mass is 576 g/mol. The number of rotatable bonds is 4. The summed E-state index contributed by atoms with van der Waals surface area (Å²) in [6.45, 7) is 3.23. The Morgan fingerprint density at radius 2 is 0.923 bits per heavy atom. The smallest absolute Gasteiger partial charge is 0.298 e. The number of thioether (sulfide) groups is 2. The average Bonchev–Trinajstić information content (AvgIpc) is 3.48. The van der Waals surface area contributed by atoms with E-state index in [4.69, 9.17) is 0 Å². The van der Waals surface area contributed by atoms with E-state index in [2.05, 4.69) is 0 Å². The maximum Gasteiger partial charge on any atom is 0.380 e. The molecule has 10 heteroatoms. The lowest BCUT2D eigenvalue weighted by Crippen LogP contribution is -2.48. The number of hydrogen-bond donors (Lipinski definition) is 0. The molecule has 0 unspecified atom stereocenters. The Balaban J connectivity index is 1.61. The minimum Gasteiger partial charge on any atom is -0.298 e. The van der Waals surface area contributed by atoms with Crippen molar-refractivity contribution in [3.05, 3.63) is 105 Å². The van der Waals surface area contributed by atoms with Crippen molar-refractivity contribution in [2.24, 2.45) is 0 Å². The summed E-state index contributed by atoms with van der Waals surface area (Å²) < 4.78 is 88.8. The number of aldehydes is 2. The van der Waals surface area contributed by atoms with E-state index in [1.165, 1.54) is 36.4 Å². The molecule has 2 aromatic carbocycles. The number of carbonyl (C=O) groups excluding carboxylic acids is 2. The lowest BCUT2D eigenvalue weighted by Gasteiger charge is -2.47. The molecular formula is C29H18F6O2S2. The average molecular weight is 577 g/mol. The molecule has 2 aromatic rings. The highest BCUT2D eigenvalue weighted by atomic mass is 32.2. The molecule has 39 heavy (non-hydrogen) atoms. The van der Waals surface area contributed by atoms with Crippen molar-refractivity contribution in [3.63, 3.8) is 0 Å². The third kappa shape index (κ3) is 3.15. The normalized spacial score (nSPS) is 29.4. The third-order valence-electron chi connectivity index (χ3n) is 7.99. The molecule has 2 aliphatic carbocycles. The number of carbonyl (C=O) groups is 2. The summed E-state index contributed by atoms with van der Waals surface area (Å²) in [5.41, 5.74) is -1.32. The fourth-order valence-electron chi connectivity index (χ4n) is 5.65. The summed E-state index contributed by atoms with van der Waals surface area (Å²) in [6, 6.07) is 12.5. The zero-order valence-corrected chi connectivity index (χ0v) is 22.0. The number of halogens is 6. The molecule has 0 amide bonds. The Morgan fingerprint density at radius 3 is 1.23 bits per heavy atom. The molecule has 0 aromatic heterocycles. The molecule has 2 nitrogen and oxygen atoms in total. The molecular weight excluding hydrogens is 558 g/mol. The van der Waals surface area contributed by atoms with E-state index >= 15 is 17.6 Å². The molecule has 2 aliphatic heterocycles. The van der Waals surface area contributed by atoms with Gasteiger partial charge in [-0.3, -0.25) is 9.59 Å². The van der Waals surface area contributed by atoms with Crippen LogP contribution in [-0.4, -0.2) is 39.8 Å². The van der Waals surface area contributed by atoms with Crippen LogP contribution in [0.25, 0.3) is 9.81 Å². The standard InChI is InChI=1S/C29H18F6O2S2/c1-25-19(11-21(38-25)17-7-3-15(13-36)4-8-17)23-24(28(32,33)29(34,35)27(23,30)31)20-12-22(39-26(20,25)2)18-9-5-16(14-37)6-10-18/h3-14H,1-2H3/t25-,26-/m1/s1. The van der Waals surface area contributed by atoms with Crippen molar-refractivity contribution in [2.75, 3.05) is 0 Å². The summed E-state index contributed by atoms with van der Waals surface area (Å²) >= 11 is 2.30. The Kier molecular flexibility index (Phi) is 5.41. The second kappa shape index (κ2) is 8.04. The molecule has 1 fully saturated rings. The summed E-state index contributed by atoms with van der Waals surface area (Å²) in [4.78, 5) is 23.0. The zero-order valence-electron chi connectivity index (χ0n) is 20.3. The Morgan fingerprint density at radius 1 is 0.590 bits per heavy atom. The molecule has 0 bridgehead atoms. The van der Waals surface area contributed by atoms with Crippen LogP contribution in [0.15, 0.2) is 83.0 Å². The topological polar surface area (TPSA) is 34.1 Å². The van der Waals surface area contributed by atoms with Gasteiger partial charge in [0, 0.05) is 32.1 Å². The minimum absolute atomic E-state index is 0.261. The van der Waals surface area contributed by atoms with Crippen molar-refractivity contribution >= 4 is 45.9 Å². The van der Waals surface area contributed by atoms with Crippen LogP contribution < -0.4 is 0 Å². The van der Waals surface area contributed by atoms with Gasteiger partial charge in [-0.05, 0) is 48.3 Å². The van der Waals surface area contributed by atoms with Gasteiger partial charge in [-0.2, -0.15) is 26.3 Å². The SMILES string of the molecule is C[C@@]12SC(c3ccc(C=O)cc3)=CC1=C1C(=C3C=C(c4ccc(C=O)cc4)S[C@]32C)C(F)(F)C(F)(F)C1(F)F. The Hall–Kier alpha value is -2.98. The van der Waals surface area contributed by atoms with E-state index in [1.807, 2.05) is 0 Å². The van der Waals surface area contributed by atoms with Gasteiger partial charge in [0.25, 0.3) is 0 Å². The van der Waals surface area contributed by atoms with Crippen LogP contribution >= 0.6 is 23.5 Å².